The van der Waals surface area contributed by atoms with Crippen molar-refractivity contribution in [2.75, 3.05) is 20.2 Å². The van der Waals surface area contributed by atoms with E-state index in [2.05, 4.69) is 24.0 Å². The van der Waals surface area contributed by atoms with Gasteiger partial charge in [0, 0.05) is 24.7 Å². The van der Waals surface area contributed by atoms with E-state index in [4.69, 9.17) is 10.5 Å². The first-order valence-corrected chi connectivity index (χ1v) is 6.80. The number of ether oxygens (including phenoxy) is 1. The second-order valence-corrected chi connectivity index (χ2v) is 5.30. The molecule has 0 amide bonds. The van der Waals surface area contributed by atoms with Crippen LogP contribution in [0, 0.1) is 5.92 Å². The molecule has 1 aliphatic heterocycles. The van der Waals surface area contributed by atoms with Crippen LogP contribution in [0.4, 0.5) is 0 Å². The molecule has 0 aliphatic carbocycles. The maximum atomic E-state index is 5.91. The van der Waals surface area contributed by atoms with Crippen molar-refractivity contribution in [2.24, 2.45) is 11.7 Å². The highest BCUT2D eigenvalue weighted by Gasteiger charge is 2.25. The number of nitrogens with zero attached hydrogens (tertiary/aromatic N) is 1. The second-order valence-electron chi connectivity index (χ2n) is 5.30. The third-order valence-electron chi connectivity index (χ3n) is 3.94. The van der Waals surface area contributed by atoms with Gasteiger partial charge in [-0.25, -0.2) is 0 Å². The maximum absolute atomic E-state index is 5.91. The van der Waals surface area contributed by atoms with Crippen LogP contribution in [0.25, 0.3) is 0 Å². The van der Waals surface area contributed by atoms with Crippen molar-refractivity contribution < 1.29 is 4.74 Å². The molecule has 1 aromatic rings. The Morgan fingerprint density at radius 3 is 2.89 bits per heavy atom. The summed E-state index contributed by atoms with van der Waals surface area (Å²) in [5, 5.41) is 0. The summed E-state index contributed by atoms with van der Waals surface area (Å²) in [5.41, 5.74) is 7.16. The largest absolute Gasteiger partial charge is 0.496 e. The Bertz CT molecular complexity index is 381. The number of hydrogen-bond acceptors (Lipinski definition) is 3. The summed E-state index contributed by atoms with van der Waals surface area (Å²) in [4.78, 5) is 2.50. The van der Waals surface area contributed by atoms with Gasteiger partial charge in [-0.3, -0.25) is 4.90 Å². The SMILES string of the molecule is COc1ccccc1CN1CCC(C)CC1CN. The van der Waals surface area contributed by atoms with Gasteiger partial charge in [-0.2, -0.15) is 0 Å². The van der Waals surface area contributed by atoms with E-state index in [1.165, 1.54) is 18.4 Å². The zero-order valence-corrected chi connectivity index (χ0v) is 11.4. The van der Waals surface area contributed by atoms with Crippen molar-refractivity contribution in [1.29, 1.82) is 0 Å². The van der Waals surface area contributed by atoms with Crippen LogP contribution in [0.15, 0.2) is 24.3 Å². The smallest absolute Gasteiger partial charge is 0.123 e. The highest BCUT2D eigenvalue weighted by Crippen LogP contribution is 2.26. The van der Waals surface area contributed by atoms with Gasteiger partial charge in [0.2, 0.25) is 0 Å². The molecule has 2 unspecified atom stereocenters. The molecule has 2 rings (SSSR count). The van der Waals surface area contributed by atoms with E-state index < -0.39 is 0 Å². The Kier molecular flexibility index (Phi) is 4.61. The molecule has 100 valence electrons. The monoisotopic (exact) mass is 248 g/mol. The van der Waals surface area contributed by atoms with Crippen LogP contribution in [0.3, 0.4) is 0 Å². The van der Waals surface area contributed by atoms with Crippen LogP contribution < -0.4 is 10.5 Å². The number of para-hydroxylation sites is 1. The quantitative estimate of drug-likeness (QED) is 0.888. The van der Waals surface area contributed by atoms with Gasteiger partial charge in [-0.1, -0.05) is 25.1 Å². The van der Waals surface area contributed by atoms with Gasteiger partial charge >= 0.3 is 0 Å². The van der Waals surface area contributed by atoms with Crippen LogP contribution in [-0.2, 0) is 6.54 Å². The van der Waals surface area contributed by atoms with E-state index in [1.807, 2.05) is 12.1 Å². The van der Waals surface area contributed by atoms with Crippen LogP contribution >= 0.6 is 0 Å². The Hall–Kier alpha value is -1.06. The molecule has 0 radical (unpaired) electrons. The first-order valence-electron chi connectivity index (χ1n) is 6.80. The van der Waals surface area contributed by atoms with Gasteiger partial charge < -0.3 is 10.5 Å². The summed E-state index contributed by atoms with van der Waals surface area (Å²) < 4.78 is 5.42. The fourth-order valence-corrected chi connectivity index (χ4v) is 2.81. The number of rotatable bonds is 4. The minimum atomic E-state index is 0.513. The Balaban J connectivity index is 2.07. The highest BCUT2D eigenvalue weighted by molar-refractivity contribution is 5.33. The van der Waals surface area contributed by atoms with E-state index in [0.29, 0.717) is 6.04 Å². The minimum Gasteiger partial charge on any atom is -0.496 e. The lowest BCUT2D eigenvalue weighted by Crippen LogP contribution is -2.45. The van der Waals surface area contributed by atoms with Crippen molar-refractivity contribution in [3.63, 3.8) is 0 Å². The predicted molar refractivity (Wildman–Crippen MR) is 74.6 cm³/mol. The van der Waals surface area contributed by atoms with E-state index in [-0.39, 0.29) is 0 Å². The van der Waals surface area contributed by atoms with Gasteiger partial charge in [-0.15, -0.1) is 0 Å². The topological polar surface area (TPSA) is 38.5 Å². The van der Waals surface area contributed by atoms with Gasteiger partial charge in [0.05, 0.1) is 7.11 Å². The van der Waals surface area contributed by atoms with E-state index in [9.17, 15) is 0 Å². The average molecular weight is 248 g/mol. The number of nitrogens with two attached hydrogens (primary N) is 1. The molecule has 1 saturated heterocycles. The van der Waals surface area contributed by atoms with Crippen molar-refractivity contribution in [3.8, 4) is 5.75 Å². The molecule has 1 fully saturated rings. The maximum Gasteiger partial charge on any atom is 0.123 e. The molecule has 3 heteroatoms. The standard InChI is InChI=1S/C15H24N2O/c1-12-7-8-17(14(9-12)10-16)11-13-5-3-4-6-15(13)18-2/h3-6,12,14H,7-11,16H2,1-2H3. The molecule has 2 N–H and O–H groups in total. The Morgan fingerprint density at radius 2 is 2.17 bits per heavy atom. The van der Waals surface area contributed by atoms with Crippen molar-refractivity contribution in [1.82, 2.24) is 4.90 Å². The van der Waals surface area contributed by atoms with Crippen LogP contribution in [0.1, 0.15) is 25.3 Å². The van der Waals surface area contributed by atoms with Gasteiger partial charge in [0.1, 0.15) is 5.75 Å². The first kappa shape index (κ1) is 13.4. The number of piperidine rings is 1. The lowest BCUT2D eigenvalue weighted by atomic mass is 9.92. The van der Waals surface area contributed by atoms with Gasteiger partial charge in [0.25, 0.3) is 0 Å². The summed E-state index contributed by atoms with van der Waals surface area (Å²) in [7, 11) is 1.73. The average Bonchev–Trinajstić information content (AvgIpc) is 2.41. The molecule has 0 aromatic heterocycles. The third-order valence-corrected chi connectivity index (χ3v) is 3.94. The molecular weight excluding hydrogens is 224 g/mol. The van der Waals surface area contributed by atoms with Crippen molar-refractivity contribution >= 4 is 0 Å². The van der Waals surface area contributed by atoms with Crippen LogP contribution in [0.2, 0.25) is 0 Å². The molecular formula is C15H24N2O. The molecule has 0 saturated carbocycles. The second kappa shape index (κ2) is 6.21. The number of hydrogen-bond donors (Lipinski definition) is 1. The van der Waals surface area contributed by atoms with E-state index in [1.54, 1.807) is 7.11 Å². The molecule has 2 atom stereocenters. The van der Waals surface area contributed by atoms with Crippen LogP contribution in [0.5, 0.6) is 5.75 Å². The molecule has 1 aromatic carbocycles. The molecule has 1 aliphatic rings. The van der Waals surface area contributed by atoms with Gasteiger partial charge in [0.15, 0.2) is 0 Å². The fraction of sp³-hybridized carbons (Fsp3) is 0.600. The summed E-state index contributed by atoms with van der Waals surface area (Å²) in [6, 6.07) is 8.77. The number of likely N-dealkylation sites (tertiary alicyclic amines) is 1. The van der Waals surface area contributed by atoms with E-state index >= 15 is 0 Å². The van der Waals surface area contributed by atoms with Crippen LogP contribution in [-0.4, -0.2) is 31.1 Å². The number of methoxy groups -OCH3 is 1. The Morgan fingerprint density at radius 1 is 1.39 bits per heavy atom. The number of benzene rings is 1. The zero-order chi connectivity index (χ0) is 13.0. The summed E-state index contributed by atoms with van der Waals surface area (Å²) >= 11 is 0. The first-order chi connectivity index (χ1) is 8.74. The summed E-state index contributed by atoms with van der Waals surface area (Å²) in [6.45, 7) is 5.16. The lowest BCUT2D eigenvalue weighted by Gasteiger charge is -2.38. The zero-order valence-electron chi connectivity index (χ0n) is 11.4. The normalized spacial score (nSPS) is 25.1. The minimum absolute atomic E-state index is 0.513. The third kappa shape index (κ3) is 3.03. The summed E-state index contributed by atoms with van der Waals surface area (Å²) in [6.07, 6.45) is 2.48. The Labute approximate surface area is 110 Å². The molecule has 3 nitrogen and oxygen atoms in total. The predicted octanol–water partition coefficient (Wildman–Crippen LogP) is 2.25. The summed E-state index contributed by atoms with van der Waals surface area (Å²) in [5.74, 6) is 1.78. The van der Waals surface area contributed by atoms with Crippen molar-refractivity contribution in [2.45, 2.75) is 32.4 Å². The highest BCUT2D eigenvalue weighted by atomic mass is 16.5. The van der Waals surface area contributed by atoms with Gasteiger partial charge in [-0.05, 0) is 31.4 Å². The molecule has 1 heterocycles. The van der Waals surface area contributed by atoms with E-state index in [0.717, 1.165) is 31.3 Å². The molecule has 0 spiro atoms. The molecule has 18 heavy (non-hydrogen) atoms. The van der Waals surface area contributed by atoms with Crippen molar-refractivity contribution in [3.05, 3.63) is 29.8 Å². The molecule has 0 bridgehead atoms. The lowest BCUT2D eigenvalue weighted by molar-refractivity contribution is 0.114. The fourth-order valence-electron chi connectivity index (χ4n) is 2.81.